The van der Waals surface area contributed by atoms with Crippen molar-refractivity contribution in [1.82, 2.24) is 10.3 Å². The van der Waals surface area contributed by atoms with Crippen LogP contribution in [0.25, 0.3) is 33.1 Å². The number of nitrogens with one attached hydrogen (secondary N) is 1. The summed E-state index contributed by atoms with van der Waals surface area (Å²) >= 11 is 9.53. The summed E-state index contributed by atoms with van der Waals surface area (Å²) in [6.45, 7) is 8.29. The van der Waals surface area contributed by atoms with E-state index in [-0.39, 0.29) is 76.2 Å². The normalized spacial score (nSPS) is 19.9. The number of aromatic nitrogens is 1. The molecule has 378 valence electrons. The number of carbonyl (C=O) groups is 3. The average Bonchev–Trinajstić information content (AvgIpc) is 3.97. The summed E-state index contributed by atoms with van der Waals surface area (Å²) in [6, 6.07) is 31.7. The fourth-order valence-electron chi connectivity index (χ4n) is 10.9. The second-order valence-electron chi connectivity index (χ2n) is 21.4. The zero-order valence-electron chi connectivity index (χ0n) is 42.6. The predicted molar refractivity (Wildman–Crippen MR) is 292 cm³/mol. The standard InChI is InChI=1S/C35H36ClNO3S.C25H31NO4S.Na/c1-34(2,40)30-9-4-3-7-25(30)13-17-32(41-23-35(18-19-35)22-33(38)39)27-8-5-6-24(20-27)10-15-29-16-12-26-11-14-28(36)21-31(26)37-29;1-25(2)16-11-15(7-5-3-4-6-8-22(28)29)23(20(25)12-16)26-24(30)19-14-31-21-10-9-17(27)13-18(19)21;/h3-12,14-16,20-21,32,40H,13,17-19,22-23H2,1-2H3,(H,38,39);3,5,9-10,13-16,20,23,27H,4,6-8,11-12H2,1-2H3,(H,26,30)(H,28,29);/q;;+1/p-1/b15-10+;5-3-;/t32-;15-,16-,20-,23+;/m10./s1. The number of benzene rings is 4. The van der Waals surface area contributed by atoms with E-state index >= 15 is 0 Å². The van der Waals surface area contributed by atoms with E-state index in [4.69, 9.17) is 21.7 Å². The van der Waals surface area contributed by atoms with E-state index in [1.54, 1.807) is 12.1 Å². The van der Waals surface area contributed by atoms with Crippen molar-refractivity contribution in [2.45, 2.75) is 115 Å². The van der Waals surface area contributed by atoms with Gasteiger partial charge in [-0.05, 0) is 177 Å². The number of carboxylic acid groups (broad SMARTS) is 2. The van der Waals surface area contributed by atoms with Crippen LogP contribution in [0.4, 0.5) is 0 Å². The molecule has 13 heteroatoms. The molecule has 9 nitrogen and oxygen atoms in total. The minimum Gasteiger partial charge on any atom is -0.550 e. The summed E-state index contributed by atoms with van der Waals surface area (Å²) in [6.07, 6.45) is 16.9. The van der Waals surface area contributed by atoms with Crippen LogP contribution >= 0.6 is 34.7 Å². The van der Waals surface area contributed by atoms with Crippen molar-refractivity contribution in [3.05, 3.63) is 153 Å². The number of carbonyl (C=O) groups excluding carboxylic acids is 2. The number of carboxylic acids is 2. The van der Waals surface area contributed by atoms with E-state index in [9.17, 15) is 29.7 Å². The number of aromatic hydroxyl groups is 1. The van der Waals surface area contributed by atoms with Crippen molar-refractivity contribution in [3.63, 3.8) is 0 Å². The number of aryl methyl sites for hydroxylation is 1. The maximum absolute atomic E-state index is 13.2. The first kappa shape index (κ1) is 56.3. The van der Waals surface area contributed by atoms with E-state index in [0.717, 1.165) is 94.1 Å². The van der Waals surface area contributed by atoms with Crippen molar-refractivity contribution in [1.29, 1.82) is 0 Å². The third-order valence-electron chi connectivity index (χ3n) is 15.4. The van der Waals surface area contributed by atoms with Gasteiger partial charge in [-0.2, -0.15) is 11.8 Å². The molecule has 2 bridgehead atoms. The Bertz CT molecular complexity index is 2980. The number of amides is 1. The number of rotatable bonds is 20. The molecule has 0 radical (unpaired) electrons. The first-order valence-electron chi connectivity index (χ1n) is 25.2. The molecule has 0 aliphatic heterocycles. The topological polar surface area (TPSA) is 160 Å². The molecule has 4 fully saturated rings. The molecular weight excluding hydrogens is 983 g/mol. The monoisotopic (exact) mass is 1050 g/mol. The number of halogens is 1. The number of unbranched alkanes of at least 4 members (excludes halogenated alkanes) is 1. The number of thioether (sulfide) groups is 1. The van der Waals surface area contributed by atoms with Gasteiger partial charge in [-0.25, -0.2) is 4.98 Å². The zero-order chi connectivity index (χ0) is 51.2. The Labute approximate surface area is 465 Å². The fraction of sp³-hybridized carbons (Fsp3) is 0.400. The maximum Gasteiger partial charge on any atom is 1.00 e. The molecular formula is C60H66ClN2NaO7S2. The minimum absolute atomic E-state index is 0. The number of hydrogen-bond donors (Lipinski definition) is 4. The number of aliphatic hydroxyl groups is 1. The zero-order valence-corrected chi connectivity index (χ0v) is 47.0. The van der Waals surface area contributed by atoms with Crippen molar-refractivity contribution in [2.24, 2.45) is 28.6 Å². The van der Waals surface area contributed by atoms with Gasteiger partial charge in [0.15, 0.2) is 0 Å². The molecule has 0 unspecified atom stereocenters. The molecule has 0 spiro atoms. The van der Waals surface area contributed by atoms with Gasteiger partial charge < -0.3 is 30.5 Å². The van der Waals surface area contributed by atoms with Crippen molar-refractivity contribution >= 4 is 85.7 Å². The van der Waals surface area contributed by atoms with Gasteiger partial charge in [0.2, 0.25) is 0 Å². The third kappa shape index (κ3) is 14.5. The Morgan fingerprint density at radius 3 is 2.49 bits per heavy atom. The molecule has 73 heavy (non-hydrogen) atoms. The molecule has 0 saturated heterocycles. The van der Waals surface area contributed by atoms with Gasteiger partial charge in [-0.15, -0.1) is 11.3 Å². The number of thiophene rings is 1. The van der Waals surface area contributed by atoms with Crippen LogP contribution in [0.5, 0.6) is 5.75 Å². The molecule has 2 heterocycles. The molecule has 10 rings (SSSR count). The summed E-state index contributed by atoms with van der Waals surface area (Å²) in [7, 11) is 0. The van der Waals surface area contributed by atoms with E-state index in [1.165, 1.54) is 23.3 Å². The fourth-order valence-corrected chi connectivity index (χ4v) is 13.6. The average molecular weight is 1050 g/mol. The first-order chi connectivity index (χ1) is 34.4. The van der Waals surface area contributed by atoms with Gasteiger partial charge in [-0.1, -0.05) is 104 Å². The van der Waals surface area contributed by atoms with Gasteiger partial charge in [0.1, 0.15) is 5.75 Å². The molecule has 4 saturated carbocycles. The molecule has 4 N–H and O–H groups in total. The van der Waals surface area contributed by atoms with Crippen LogP contribution in [0.1, 0.15) is 135 Å². The van der Waals surface area contributed by atoms with Crippen LogP contribution in [0.3, 0.4) is 0 Å². The summed E-state index contributed by atoms with van der Waals surface area (Å²) in [5.41, 5.74) is 5.91. The Morgan fingerprint density at radius 1 is 0.973 bits per heavy atom. The summed E-state index contributed by atoms with van der Waals surface area (Å²) in [5, 5.41) is 48.7. The largest absolute Gasteiger partial charge is 1.00 e. The van der Waals surface area contributed by atoms with E-state index in [2.05, 4.69) is 67.7 Å². The van der Waals surface area contributed by atoms with E-state index in [0.29, 0.717) is 34.8 Å². The van der Waals surface area contributed by atoms with Crippen LogP contribution in [0, 0.1) is 28.6 Å². The van der Waals surface area contributed by atoms with Crippen LogP contribution in [-0.4, -0.2) is 49.9 Å². The molecule has 4 aliphatic rings. The summed E-state index contributed by atoms with van der Waals surface area (Å²) in [4.78, 5) is 40.0. The number of nitrogens with zero attached hydrogens (tertiary/aromatic N) is 1. The Morgan fingerprint density at radius 2 is 1.75 bits per heavy atom. The summed E-state index contributed by atoms with van der Waals surface area (Å²) in [5.74, 6) is 0.770. The van der Waals surface area contributed by atoms with Crippen molar-refractivity contribution < 1.29 is 64.4 Å². The number of aliphatic carboxylic acids is 2. The van der Waals surface area contributed by atoms with Crippen LogP contribution in [-0.2, 0) is 21.6 Å². The third-order valence-corrected chi connectivity index (χ3v) is 18.3. The van der Waals surface area contributed by atoms with Gasteiger partial charge in [0.25, 0.3) is 5.91 Å². The molecule has 5 atom stereocenters. The van der Waals surface area contributed by atoms with Crippen molar-refractivity contribution in [3.8, 4) is 5.75 Å². The van der Waals surface area contributed by atoms with Crippen molar-refractivity contribution in [2.75, 3.05) is 5.75 Å². The maximum atomic E-state index is 13.2. The number of pyridine rings is 1. The van der Waals surface area contributed by atoms with Gasteiger partial charge in [0.05, 0.1) is 22.4 Å². The SMILES string of the molecule is CC(C)(O)c1ccccc1CC[C@@H](SCC1(CC(=O)[O-])CC1)c1cccc(/C=C/c2ccc3ccc(Cl)cc3n2)c1.CC1(C)[C@H]2C[C@H](C/C=C\CCCC(=O)O)[C@@H](NC(=O)c3csc4ccc(O)cc34)[C@@H]1C2.[Na+]. The number of hydrogen-bond acceptors (Lipinski definition) is 9. The molecule has 2 aromatic heterocycles. The Balaban J connectivity index is 0.000000219. The Hall–Kier alpha value is -4.46. The second kappa shape index (κ2) is 24.5. The number of allylic oxidation sites excluding steroid dienone is 2. The number of phenols is 1. The van der Waals surface area contributed by atoms with Gasteiger partial charge in [-0.3, -0.25) is 9.59 Å². The molecule has 4 aromatic carbocycles. The smallest absolute Gasteiger partial charge is 0.550 e. The summed E-state index contributed by atoms with van der Waals surface area (Å²) < 4.78 is 0.997. The second-order valence-corrected chi connectivity index (χ2v) is 23.9. The molecule has 4 aliphatic carbocycles. The molecule has 6 aromatic rings. The van der Waals surface area contributed by atoms with Gasteiger partial charge >= 0.3 is 35.5 Å². The Kier molecular flexibility index (Phi) is 18.9. The van der Waals surface area contributed by atoms with E-state index in [1.807, 2.05) is 91.7 Å². The molecule has 1 amide bonds. The van der Waals surface area contributed by atoms with Crippen LogP contribution in [0.15, 0.2) is 115 Å². The number of fused-ring (bicyclic) bond motifs is 4. The minimum atomic E-state index is -0.963. The van der Waals surface area contributed by atoms with Crippen LogP contribution in [0.2, 0.25) is 5.02 Å². The van der Waals surface area contributed by atoms with Gasteiger partial charge in [0, 0.05) is 49.6 Å². The van der Waals surface area contributed by atoms with E-state index < -0.39 is 17.5 Å². The number of phenolic OH excluding ortho intramolecular Hbond substituents is 1. The van der Waals surface area contributed by atoms with Crippen LogP contribution < -0.4 is 40.0 Å². The predicted octanol–water partition coefficient (Wildman–Crippen LogP) is 10.2. The first-order valence-corrected chi connectivity index (χ1v) is 27.5. The quantitative estimate of drug-likeness (QED) is 0.0332.